The van der Waals surface area contributed by atoms with Gasteiger partial charge in [-0.3, -0.25) is 4.79 Å². The normalized spacial score (nSPS) is 27.3. The summed E-state index contributed by atoms with van der Waals surface area (Å²) in [6.45, 7) is 8.09. The van der Waals surface area contributed by atoms with Crippen LogP contribution in [0.2, 0.25) is 0 Å². The molecule has 5 nitrogen and oxygen atoms in total. The summed E-state index contributed by atoms with van der Waals surface area (Å²) in [4.78, 5) is 16.5. The van der Waals surface area contributed by atoms with Crippen molar-refractivity contribution in [1.82, 2.24) is 15.1 Å². The van der Waals surface area contributed by atoms with E-state index in [-0.39, 0.29) is 11.9 Å². The molecule has 1 amide bonds. The summed E-state index contributed by atoms with van der Waals surface area (Å²) >= 11 is 0. The van der Waals surface area contributed by atoms with Crippen molar-refractivity contribution in [2.45, 2.75) is 25.8 Å². The number of piperidine rings is 1. The predicted molar refractivity (Wildman–Crippen MR) is 75.1 cm³/mol. The van der Waals surface area contributed by atoms with Crippen molar-refractivity contribution in [2.75, 3.05) is 53.0 Å². The Balaban J connectivity index is 1.70. The minimum Gasteiger partial charge on any atom is -0.378 e. The molecular formula is C14H27N3O2. The van der Waals surface area contributed by atoms with Gasteiger partial charge in [0.1, 0.15) is 0 Å². The number of hydrogen-bond donors (Lipinski definition) is 1. The van der Waals surface area contributed by atoms with Gasteiger partial charge in [-0.2, -0.15) is 0 Å². The maximum absolute atomic E-state index is 12.2. The van der Waals surface area contributed by atoms with Crippen LogP contribution in [0, 0.1) is 5.92 Å². The molecule has 2 saturated heterocycles. The molecule has 19 heavy (non-hydrogen) atoms. The number of amides is 1. The Bertz CT molecular complexity index is 292. The second-order valence-electron chi connectivity index (χ2n) is 5.84. The number of nitrogens with one attached hydrogen (secondary N) is 1. The zero-order chi connectivity index (χ0) is 13.7. The molecule has 2 fully saturated rings. The first-order chi connectivity index (χ1) is 9.16. The van der Waals surface area contributed by atoms with Gasteiger partial charge in [-0.1, -0.05) is 0 Å². The first kappa shape index (κ1) is 14.8. The molecule has 0 aromatic carbocycles. The topological polar surface area (TPSA) is 44.8 Å². The summed E-state index contributed by atoms with van der Waals surface area (Å²) in [5, 5.41) is 3.41. The van der Waals surface area contributed by atoms with E-state index in [1.165, 1.54) is 19.4 Å². The number of rotatable bonds is 4. The van der Waals surface area contributed by atoms with Crippen molar-refractivity contribution in [2.24, 2.45) is 5.92 Å². The molecule has 0 aliphatic carbocycles. The molecule has 0 aromatic rings. The number of carbonyl (C=O) groups is 1. The van der Waals surface area contributed by atoms with Crippen molar-refractivity contribution in [3.8, 4) is 0 Å². The first-order valence-electron chi connectivity index (χ1n) is 7.45. The summed E-state index contributed by atoms with van der Waals surface area (Å²) in [5.41, 5.74) is 0. The number of likely N-dealkylation sites (tertiary alicyclic amines) is 1. The molecule has 110 valence electrons. The lowest BCUT2D eigenvalue weighted by Crippen LogP contribution is -2.50. The Morgan fingerprint density at radius 3 is 2.79 bits per heavy atom. The van der Waals surface area contributed by atoms with E-state index >= 15 is 0 Å². The third-order valence-corrected chi connectivity index (χ3v) is 4.13. The average molecular weight is 269 g/mol. The zero-order valence-corrected chi connectivity index (χ0v) is 12.2. The van der Waals surface area contributed by atoms with Crippen LogP contribution < -0.4 is 5.32 Å². The SMILES string of the molecule is CC(NCC1CCCN(C)C1)C(=O)N1CCOCC1. The molecule has 2 unspecified atom stereocenters. The fourth-order valence-corrected chi connectivity index (χ4v) is 2.93. The Kier molecular flexibility index (Phi) is 5.60. The molecule has 0 aromatic heterocycles. The van der Waals surface area contributed by atoms with E-state index in [9.17, 15) is 4.79 Å². The van der Waals surface area contributed by atoms with Crippen molar-refractivity contribution in [1.29, 1.82) is 0 Å². The molecule has 2 rings (SSSR count). The van der Waals surface area contributed by atoms with Crippen LogP contribution >= 0.6 is 0 Å². The van der Waals surface area contributed by atoms with Gasteiger partial charge in [-0.25, -0.2) is 0 Å². The van der Waals surface area contributed by atoms with Crippen molar-refractivity contribution >= 4 is 5.91 Å². The van der Waals surface area contributed by atoms with Crippen molar-refractivity contribution in [3.05, 3.63) is 0 Å². The van der Waals surface area contributed by atoms with Gasteiger partial charge in [0, 0.05) is 19.6 Å². The molecule has 0 radical (unpaired) electrons. The second-order valence-corrected chi connectivity index (χ2v) is 5.84. The molecule has 0 saturated carbocycles. The zero-order valence-electron chi connectivity index (χ0n) is 12.2. The molecule has 0 bridgehead atoms. The Labute approximate surface area is 116 Å². The van der Waals surface area contributed by atoms with E-state index in [0.717, 1.165) is 26.2 Å². The van der Waals surface area contributed by atoms with E-state index in [0.29, 0.717) is 19.1 Å². The van der Waals surface area contributed by atoms with Crippen LogP contribution in [0.25, 0.3) is 0 Å². The third-order valence-electron chi connectivity index (χ3n) is 4.13. The highest BCUT2D eigenvalue weighted by Crippen LogP contribution is 2.14. The third kappa shape index (κ3) is 4.44. The van der Waals surface area contributed by atoms with Crippen molar-refractivity contribution < 1.29 is 9.53 Å². The van der Waals surface area contributed by atoms with Gasteiger partial charge >= 0.3 is 0 Å². The lowest BCUT2D eigenvalue weighted by Gasteiger charge is -2.32. The van der Waals surface area contributed by atoms with Crippen LogP contribution in [-0.2, 0) is 9.53 Å². The highest BCUT2D eigenvalue weighted by molar-refractivity contribution is 5.81. The van der Waals surface area contributed by atoms with E-state index in [4.69, 9.17) is 4.74 Å². The summed E-state index contributed by atoms with van der Waals surface area (Å²) in [6.07, 6.45) is 2.55. The van der Waals surface area contributed by atoms with E-state index < -0.39 is 0 Å². The quantitative estimate of drug-likeness (QED) is 0.790. The van der Waals surface area contributed by atoms with Crippen LogP contribution in [-0.4, -0.2) is 74.7 Å². The Morgan fingerprint density at radius 2 is 2.11 bits per heavy atom. The molecule has 2 heterocycles. The van der Waals surface area contributed by atoms with E-state index in [1.54, 1.807) is 0 Å². The smallest absolute Gasteiger partial charge is 0.239 e. The van der Waals surface area contributed by atoms with Gasteiger partial charge in [-0.05, 0) is 45.8 Å². The van der Waals surface area contributed by atoms with Crippen LogP contribution in [0.15, 0.2) is 0 Å². The van der Waals surface area contributed by atoms with Crippen LogP contribution in [0.3, 0.4) is 0 Å². The van der Waals surface area contributed by atoms with Crippen LogP contribution in [0.4, 0.5) is 0 Å². The monoisotopic (exact) mass is 269 g/mol. The minimum atomic E-state index is -0.0784. The Morgan fingerprint density at radius 1 is 1.37 bits per heavy atom. The number of hydrogen-bond acceptors (Lipinski definition) is 4. The first-order valence-corrected chi connectivity index (χ1v) is 7.45. The van der Waals surface area contributed by atoms with Gasteiger partial charge in [-0.15, -0.1) is 0 Å². The summed E-state index contributed by atoms with van der Waals surface area (Å²) in [7, 11) is 2.18. The Hall–Kier alpha value is -0.650. The largest absolute Gasteiger partial charge is 0.378 e. The second kappa shape index (κ2) is 7.22. The van der Waals surface area contributed by atoms with Crippen molar-refractivity contribution in [3.63, 3.8) is 0 Å². The molecule has 2 aliphatic heterocycles. The maximum Gasteiger partial charge on any atom is 0.239 e. The summed E-state index contributed by atoms with van der Waals surface area (Å²) in [6, 6.07) is -0.0784. The summed E-state index contributed by atoms with van der Waals surface area (Å²) < 4.78 is 5.28. The fourth-order valence-electron chi connectivity index (χ4n) is 2.93. The highest BCUT2D eigenvalue weighted by Gasteiger charge is 2.23. The highest BCUT2D eigenvalue weighted by atomic mass is 16.5. The molecule has 1 N–H and O–H groups in total. The molecule has 2 atom stereocenters. The van der Waals surface area contributed by atoms with Gasteiger partial charge in [0.15, 0.2) is 0 Å². The lowest BCUT2D eigenvalue weighted by atomic mass is 9.98. The lowest BCUT2D eigenvalue weighted by molar-refractivity contribution is -0.137. The molecule has 2 aliphatic rings. The van der Waals surface area contributed by atoms with Crippen LogP contribution in [0.1, 0.15) is 19.8 Å². The summed E-state index contributed by atoms with van der Waals surface area (Å²) in [5.74, 6) is 0.895. The van der Waals surface area contributed by atoms with Gasteiger partial charge in [0.25, 0.3) is 0 Å². The number of ether oxygens (including phenoxy) is 1. The van der Waals surface area contributed by atoms with Gasteiger partial charge in [0.2, 0.25) is 5.91 Å². The molecule has 5 heteroatoms. The van der Waals surface area contributed by atoms with Gasteiger partial charge < -0.3 is 19.9 Å². The number of nitrogens with zero attached hydrogens (tertiary/aromatic N) is 2. The molecular weight excluding hydrogens is 242 g/mol. The average Bonchev–Trinajstić information content (AvgIpc) is 2.45. The van der Waals surface area contributed by atoms with E-state index in [1.807, 2.05) is 11.8 Å². The maximum atomic E-state index is 12.2. The number of carbonyl (C=O) groups excluding carboxylic acids is 1. The number of morpholine rings is 1. The predicted octanol–water partition coefficient (Wildman–Crippen LogP) is 0.165. The minimum absolute atomic E-state index is 0.0784. The van der Waals surface area contributed by atoms with Crippen LogP contribution in [0.5, 0.6) is 0 Å². The molecule has 0 spiro atoms. The standard InChI is InChI=1S/C14H27N3O2/c1-12(14(18)17-6-8-19-9-7-17)15-10-13-4-3-5-16(2)11-13/h12-13,15H,3-11H2,1-2H3. The van der Waals surface area contributed by atoms with Gasteiger partial charge in [0.05, 0.1) is 19.3 Å². The van der Waals surface area contributed by atoms with E-state index in [2.05, 4.69) is 17.3 Å². The fraction of sp³-hybridized carbons (Fsp3) is 0.929.